The van der Waals surface area contributed by atoms with E-state index in [-0.39, 0.29) is 11.5 Å². The fourth-order valence-corrected chi connectivity index (χ4v) is 4.15. The Labute approximate surface area is 126 Å². The summed E-state index contributed by atoms with van der Waals surface area (Å²) in [6.45, 7) is 10.3. The summed E-state index contributed by atoms with van der Waals surface area (Å²) in [4.78, 5) is 14.7. The molecule has 1 aromatic rings. The molecule has 4 heterocycles. The van der Waals surface area contributed by atoms with Gasteiger partial charge < -0.3 is 5.73 Å². The van der Waals surface area contributed by atoms with Crippen molar-refractivity contribution in [1.29, 1.82) is 0 Å². The third kappa shape index (κ3) is 2.37. The molecule has 5 nitrogen and oxygen atoms in total. The third-order valence-electron chi connectivity index (χ3n) is 5.31. The van der Waals surface area contributed by atoms with Crippen LogP contribution in [-0.4, -0.2) is 52.5 Å². The minimum Gasteiger partial charge on any atom is -0.324 e. The predicted molar refractivity (Wildman–Crippen MR) is 81.8 cm³/mol. The first-order valence-electron chi connectivity index (χ1n) is 8.09. The fourth-order valence-electron chi connectivity index (χ4n) is 4.15. The number of nitrogens with two attached hydrogens (primary N) is 1. The van der Waals surface area contributed by atoms with Gasteiger partial charge in [0.2, 0.25) is 0 Å². The number of hydrogen-bond acceptors (Lipinski definition) is 5. The van der Waals surface area contributed by atoms with Gasteiger partial charge in [-0.1, -0.05) is 13.8 Å². The van der Waals surface area contributed by atoms with Gasteiger partial charge in [-0.2, -0.15) is 0 Å². The van der Waals surface area contributed by atoms with E-state index in [0.29, 0.717) is 6.04 Å². The zero-order valence-corrected chi connectivity index (χ0v) is 13.0. The van der Waals surface area contributed by atoms with Crippen molar-refractivity contribution in [2.45, 2.75) is 38.8 Å². The highest BCUT2D eigenvalue weighted by atomic mass is 15.4. The van der Waals surface area contributed by atoms with Crippen LogP contribution in [0.1, 0.15) is 49.4 Å². The molecule has 2 unspecified atom stereocenters. The van der Waals surface area contributed by atoms with Gasteiger partial charge in [0.1, 0.15) is 5.82 Å². The molecule has 3 fully saturated rings. The molecule has 1 aromatic heterocycles. The van der Waals surface area contributed by atoms with Gasteiger partial charge in [0, 0.05) is 56.2 Å². The first-order chi connectivity index (χ1) is 10.0. The molecule has 0 spiro atoms. The molecular weight excluding hydrogens is 262 g/mol. The molecular formula is C16H25N5. The molecule has 3 saturated heterocycles. The Morgan fingerprint density at radius 1 is 1.24 bits per heavy atom. The summed E-state index contributed by atoms with van der Waals surface area (Å²) in [5.41, 5.74) is 8.90. The maximum absolute atomic E-state index is 6.31. The molecule has 2 N–H and O–H groups in total. The van der Waals surface area contributed by atoms with Crippen molar-refractivity contribution < 1.29 is 0 Å². The van der Waals surface area contributed by atoms with Crippen molar-refractivity contribution in [3.8, 4) is 0 Å². The summed E-state index contributed by atoms with van der Waals surface area (Å²) in [7, 11) is 0. The lowest BCUT2D eigenvalue weighted by Gasteiger charge is -2.47. The second-order valence-electron chi connectivity index (χ2n) is 7.63. The van der Waals surface area contributed by atoms with E-state index < -0.39 is 0 Å². The van der Waals surface area contributed by atoms with Gasteiger partial charge in [0.15, 0.2) is 0 Å². The van der Waals surface area contributed by atoms with Crippen LogP contribution in [0.4, 0.5) is 0 Å². The number of piperazine rings is 3. The van der Waals surface area contributed by atoms with Crippen LogP contribution in [0.5, 0.6) is 0 Å². The Kier molecular flexibility index (Phi) is 3.07. The molecule has 21 heavy (non-hydrogen) atoms. The topological polar surface area (TPSA) is 58.3 Å². The average molecular weight is 287 g/mol. The first-order valence-corrected chi connectivity index (χ1v) is 8.09. The molecule has 0 amide bonds. The quantitative estimate of drug-likeness (QED) is 0.839. The van der Waals surface area contributed by atoms with Crippen molar-refractivity contribution in [2.75, 3.05) is 32.7 Å². The van der Waals surface area contributed by atoms with Crippen molar-refractivity contribution >= 4 is 0 Å². The van der Waals surface area contributed by atoms with Gasteiger partial charge in [-0.05, 0) is 18.3 Å². The summed E-state index contributed by atoms with van der Waals surface area (Å²) >= 11 is 0. The lowest BCUT2D eigenvalue weighted by Crippen LogP contribution is -2.57. The normalized spacial score (nSPS) is 37.3. The second-order valence-corrected chi connectivity index (χ2v) is 7.63. The van der Waals surface area contributed by atoms with E-state index in [0.717, 1.165) is 43.9 Å². The van der Waals surface area contributed by atoms with Crippen LogP contribution < -0.4 is 5.73 Å². The molecule has 5 rings (SSSR count). The molecule has 2 bridgehead atoms. The number of hydrogen-bond donors (Lipinski definition) is 1. The lowest BCUT2D eigenvalue weighted by molar-refractivity contribution is 0.00843. The SMILES string of the molecule is CC1(C)Cc2nc(C3CN4CCN3CC4)ncc2C(N)C1. The highest BCUT2D eigenvalue weighted by Crippen LogP contribution is 2.39. The third-order valence-corrected chi connectivity index (χ3v) is 5.31. The van der Waals surface area contributed by atoms with E-state index in [1.807, 2.05) is 6.20 Å². The van der Waals surface area contributed by atoms with Gasteiger partial charge >= 0.3 is 0 Å². The largest absolute Gasteiger partial charge is 0.324 e. The van der Waals surface area contributed by atoms with E-state index in [1.165, 1.54) is 18.8 Å². The Bertz CT molecular complexity index is 548. The molecule has 0 saturated carbocycles. The summed E-state index contributed by atoms with van der Waals surface area (Å²) in [6.07, 6.45) is 4.03. The van der Waals surface area contributed by atoms with E-state index in [1.54, 1.807) is 0 Å². The Hall–Kier alpha value is -1.04. The average Bonchev–Trinajstić information content (AvgIpc) is 2.46. The molecule has 4 aliphatic rings. The monoisotopic (exact) mass is 287 g/mol. The Morgan fingerprint density at radius 3 is 2.67 bits per heavy atom. The first kappa shape index (κ1) is 13.6. The highest BCUT2D eigenvalue weighted by Gasteiger charge is 2.36. The van der Waals surface area contributed by atoms with Crippen LogP contribution in [0.3, 0.4) is 0 Å². The van der Waals surface area contributed by atoms with E-state index in [9.17, 15) is 0 Å². The van der Waals surface area contributed by atoms with Gasteiger partial charge in [0.25, 0.3) is 0 Å². The minimum atomic E-state index is 0.0877. The predicted octanol–water partition coefficient (Wildman–Crippen LogP) is 1.12. The second kappa shape index (κ2) is 4.73. The van der Waals surface area contributed by atoms with Crippen molar-refractivity contribution in [1.82, 2.24) is 19.8 Å². The van der Waals surface area contributed by atoms with E-state index >= 15 is 0 Å². The summed E-state index contributed by atoms with van der Waals surface area (Å²) in [6, 6.07) is 0.462. The summed E-state index contributed by atoms with van der Waals surface area (Å²) in [5, 5.41) is 0. The number of nitrogens with zero attached hydrogens (tertiary/aromatic N) is 4. The smallest absolute Gasteiger partial charge is 0.146 e. The van der Waals surface area contributed by atoms with Crippen LogP contribution in [-0.2, 0) is 6.42 Å². The molecule has 2 atom stereocenters. The summed E-state index contributed by atoms with van der Waals surface area (Å²) < 4.78 is 0. The zero-order valence-electron chi connectivity index (χ0n) is 13.0. The maximum atomic E-state index is 6.31. The molecule has 1 aliphatic carbocycles. The van der Waals surface area contributed by atoms with Crippen molar-refractivity contribution in [3.05, 3.63) is 23.3 Å². The van der Waals surface area contributed by atoms with Crippen LogP contribution in [0.2, 0.25) is 0 Å². The van der Waals surface area contributed by atoms with Crippen molar-refractivity contribution in [3.63, 3.8) is 0 Å². The van der Waals surface area contributed by atoms with Gasteiger partial charge in [0.05, 0.1) is 6.04 Å². The van der Waals surface area contributed by atoms with Crippen LogP contribution >= 0.6 is 0 Å². The fraction of sp³-hybridized carbons (Fsp3) is 0.750. The van der Waals surface area contributed by atoms with E-state index in [2.05, 4.69) is 28.6 Å². The minimum absolute atomic E-state index is 0.0877. The lowest BCUT2D eigenvalue weighted by atomic mass is 9.74. The van der Waals surface area contributed by atoms with Gasteiger partial charge in [-0.25, -0.2) is 9.97 Å². The van der Waals surface area contributed by atoms with Crippen LogP contribution in [0.25, 0.3) is 0 Å². The maximum Gasteiger partial charge on any atom is 0.146 e. The Balaban J connectivity index is 1.66. The standard InChI is InChI=1S/C16H25N5/c1-16(2)7-12(17)11-9-18-15(19-13(11)8-16)14-10-20-3-5-21(14)6-4-20/h9,12,14H,3-8,10,17H2,1-2H3. The van der Waals surface area contributed by atoms with Crippen molar-refractivity contribution in [2.24, 2.45) is 11.1 Å². The molecule has 3 aliphatic heterocycles. The van der Waals surface area contributed by atoms with Gasteiger partial charge in [-0.15, -0.1) is 0 Å². The summed E-state index contributed by atoms with van der Waals surface area (Å²) in [5.74, 6) is 1.00. The molecule has 5 heteroatoms. The zero-order chi connectivity index (χ0) is 14.6. The van der Waals surface area contributed by atoms with Crippen LogP contribution in [0, 0.1) is 5.41 Å². The molecule has 0 aromatic carbocycles. The number of fused-ring (bicyclic) bond motifs is 4. The number of rotatable bonds is 1. The molecule has 0 radical (unpaired) electrons. The van der Waals surface area contributed by atoms with Crippen LogP contribution in [0.15, 0.2) is 6.20 Å². The number of aromatic nitrogens is 2. The highest BCUT2D eigenvalue weighted by molar-refractivity contribution is 5.27. The Morgan fingerprint density at radius 2 is 2.00 bits per heavy atom. The molecule has 114 valence electrons. The van der Waals surface area contributed by atoms with Gasteiger partial charge in [-0.3, -0.25) is 9.80 Å². The van der Waals surface area contributed by atoms with E-state index in [4.69, 9.17) is 10.7 Å².